The lowest BCUT2D eigenvalue weighted by atomic mass is 10.2. The molecule has 3 rings (SSSR count). The first-order chi connectivity index (χ1) is 11.0. The Kier molecular flexibility index (Phi) is 5.21. The lowest BCUT2D eigenvalue weighted by molar-refractivity contribution is 0.582. The van der Waals surface area contributed by atoms with Crippen molar-refractivity contribution >= 4 is 39.2 Å². The van der Waals surface area contributed by atoms with Crippen LogP contribution < -0.4 is 10.0 Å². The van der Waals surface area contributed by atoms with Gasteiger partial charge in [0.1, 0.15) is 5.82 Å². The van der Waals surface area contributed by atoms with Crippen molar-refractivity contribution in [3.05, 3.63) is 47.7 Å². The van der Waals surface area contributed by atoms with E-state index in [0.29, 0.717) is 13.1 Å². The number of alkyl halides is 1. The van der Waals surface area contributed by atoms with Crippen molar-refractivity contribution in [1.82, 2.24) is 9.71 Å². The number of aromatic amines is 1. The zero-order chi connectivity index (χ0) is 16.3. The summed E-state index contributed by atoms with van der Waals surface area (Å²) in [6, 6.07) is 11.2. The molecular weight excluding hydrogens is 354 g/mol. The smallest absolute Gasteiger partial charge is 0.215 e. The molecule has 5 nitrogen and oxygen atoms in total. The van der Waals surface area contributed by atoms with Gasteiger partial charge in [-0.3, -0.25) is 0 Å². The second-order valence-electron chi connectivity index (χ2n) is 5.31. The van der Waals surface area contributed by atoms with Gasteiger partial charge in [-0.2, -0.15) is 0 Å². The zero-order valence-corrected chi connectivity index (χ0v) is 14.8. The van der Waals surface area contributed by atoms with Crippen molar-refractivity contribution in [3.8, 4) is 0 Å². The fourth-order valence-corrected chi connectivity index (χ4v) is 5.01. The minimum absolute atomic E-state index is 0.00476. The van der Waals surface area contributed by atoms with Crippen LogP contribution in [0.1, 0.15) is 16.6 Å². The molecule has 0 saturated carbocycles. The van der Waals surface area contributed by atoms with Gasteiger partial charge in [-0.15, -0.1) is 23.4 Å². The minimum Gasteiger partial charge on any atom is -0.370 e. The summed E-state index contributed by atoms with van der Waals surface area (Å²) in [5, 5.41) is 3.20. The summed E-state index contributed by atoms with van der Waals surface area (Å²) >= 11 is 7.91. The summed E-state index contributed by atoms with van der Waals surface area (Å²) < 4.78 is 26.6. The lowest BCUT2D eigenvalue weighted by Gasteiger charge is -2.08. The molecule has 1 aliphatic heterocycles. The standard InChI is InChI=1S/C15H18ClN3O2S2/c16-12-9-22-13-8-14(19-15(12)13)17-6-7-18-23(20,21)10-11-4-2-1-3-5-11/h1-5,8,12,17-19H,6-7,9-10H2. The summed E-state index contributed by atoms with van der Waals surface area (Å²) in [6.07, 6.45) is 0. The number of rotatable bonds is 7. The molecule has 3 N–H and O–H groups in total. The highest BCUT2D eigenvalue weighted by molar-refractivity contribution is 7.99. The van der Waals surface area contributed by atoms with Crippen LogP contribution in [0.15, 0.2) is 41.3 Å². The first kappa shape index (κ1) is 16.7. The van der Waals surface area contributed by atoms with Crippen LogP contribution in [0.2, 0.25) is 0 Å². The van der Waals surface area contributed by atoms with Gasteiger partial charge in [0.25, 0.3) is 0 Å². The second kappa shape index (κ2) is 7.17. The number of sulfonamides is 1. The van der Waals surface area contributed by atoms with Gasteiger partial charge in [0.05, 0.1) is 11.1 Å². The molecule has 0 amide bonds. The van der Waals surface area contributed by atoms with Gasteiger partial charge in [-0.1, -0.05) is 30.3 Å². The van der Waals surface area contributed by atoms with Crippen LogP contribution in [0, 0.1) is 0 Å². The van der Waals surface area contributed by atoms with Crippen molar-refractivity contribution in [2.75, 3.05) is 24.2 Å². The summed E-state index contributed by atoms with van der Waals surface area (Å²) in [7, 11) is -3.32. The van der Waals surface area contributed by atoms with Crippen molar-refractivity contribution < 1.29 is 8.42 Å². The maximum Gasteiger partial charge on any atom is 0.215 e. The average molecular weight is 372 g/mol. The summed E-state index contributed by atoms with van der Waals surface area (Å²) in [6.45, 7) is 0.835. The predicted molar refractivity (Wildman–Crippen MR) is 95.7 cm³/mol. The average Bonchev–Trinajstić information content (AvgIpc) is 3.06. The normalized spacial score (nSPS) is 17.2. The van der Waals surface area contributed by atoms with Gasteiger partial charge < -0.3 is 10.3 Å². The van der Waals surface area contributed by atoms with E-state index in [1.54, 1.807) is 23.9 Å². The van der Waals surface area contributed by atoms with Crippen molar-refractivity contribution in [3.63, 3.8) is 0 Å². The Morgan fingerprint density at radius 3 is 2.78 bits per heavy atom. The molecule has 0 radical (unpaired) electrons. The van der Waals surface area contributed by atoms with E-state index in [4.69, 9.17) is 11.6 Å². The highest BCUT2D eigenvalue weighted by Crippen LogP contribution is 2.42. The van der Waals surface area contributed by atoms with Gasteiger partial charge in [0, 0.05) is 29.4 Å². The van der Waals surface area contributed by atoms with E-state index in [2.05, 4.69) is 15.0 Å². The highest BCUT2D eigenvalue weighted by atomic mass is 35.5. The number of hydrogen-bond donors (Lipinski definition) is 3. The fourth-order valence-electron chi connectivity index (χ4n) is 2.39. The molecule has 0 aliphatic carbocycles. The molecule has 0 fully saturated rings. The van der Waals surface area contributed by atoms with Gasteiger partial charge in [0.2, 0.25) is 10.0 Å². The molecule has 23 heavy (non-hydrogen) atoms. The van der Waals surface area contributed by atoms with Gasteiger partial charge >= 0.3 is 0 Å². The monoisotopic (exact) mass is 371 g/mol. The maximum absolute atomic E-state index is 12.0. The molecule has 2 aromatic rings. The Hall–Kier alpha value is -1.15. The zero-order valence-electron chi connectivity index (χ0n) is 12.4. The molecule has 1 atom stereocenters. The fraction of sp³-hybridized carbons (Fsp3) is 0.333. The molecule has 0 spiro atoms. The Bertz CT molecular complexity index is 762. The van der Waals surface area contributed by atoms with Crippen LogP contribution in [0.3, 0.4) is 0 Å². The third-order valence-corrected chi connectivity index (χ3v) is 6.53. The van der Waals surface area contributed by atoms with E-state index in [1.165, 1.54) is 0 Å². The van der Waals surface area contributed by atoms with E-state index in [0.717, 1.165) is 27.7 Å². The number of H-pyrrole nitrogens is 1. The first-order valence-electron chi connectivity index (χ1n) is 7.28. The molecule has 124 valence electrons. The number of hydrogen-bond acceptors (Lipinski definition) is 4. The number of nitrogens with one attached hydrogen (secondary N) is 3. The Labute approximate surface area is 145 Å². The van der Waals surface area contributed by atoms with Crippen LogP contribution in [0.5, 0.6) is 0 Å². The number of thioether (sulfide) groups is 1. The van der Waals surface area contributed by atoms with E-state index in [9.17, 15) is 8.42 Å². The number of fused-ring (bicyclic) bond motifs is 1. The summed E-state index contributed by atoms with van der Waals surface area (Å²) in [5.41, 5.74) is 1.82. The predicted octanol–water partition coefficient (Wildman–Crippen LogP) is 2.93. The van der Waals surface area contributed by atoms with Gasteiger partial charge in [0.15, 0.2) is 0 Å². The van der Waals surface area contributed by atoms with E-state index >= 15 is 0 Å². The van der Waals surface area contributed by atoms with Crippen LogP contribution in [0.25, 0.3) is 0 Å². The largest absolute Gasteiger partial charge is 0.370 e. The second-order valence-corrected chi connectivity index (χ2v) is 8.70. The molecule has 0 saturated heterocycles. The Morgan fingerprint density at radius 1 is 1.26 bits per heavy atom. The lowest BCUT2D eigenvalue weighted by Crippen LogP contribution is -2.30. The van der Waals surface area contributed by atoms with Crippen LogP contribution >= 0.6 is 23.4 Å². The van der Waals surface area contributed by atoms with Crippen molar-refractivity contribution in [1.29, 1.82) is 0 Å². The maximum atomic E-state index is 12.0. The first-order valence-corrected chi connectivity index (χ1v) is 10.4. The van der Waals surface area contributed by atoms with E-state index in [1.807, 2.05) is 24.3 Å². The molecule has 2 heterocycles. The SMILES string of the molecule is O=S(=O)(Cc1ccccc1)NCCNc1cc2c([nH]1)C(Cl)CS2. The molecule has 1 aliphatic rings. The third-order valence-electron chi connectivity index (χ3n) is 3.47. The van der Waals surface area contributed by atoms with Crippen molar-refractivity contribution in [2.24, 2.45) is 0 Å². The number of anilines is 1. The molecule has 8 heteroatoms. The van der Waals surface area contributed by atoms with Crippen molar-refractivity contribution in [2.45, 2.75) is 16.0 Å². The summed E-state index contributed by atoms with van der Waals surface area (Å²) in [5.74, 6) is 1.76. The Morgan fingerprint density at radius 2 is 2.04 bits per heavy atom. The van der Waals surface area contributed by atoms with Crippen LogP contribution in [-0.4, -0.2) is 32.2 Å². The third kappa shape index (κ3) is 4.44. The van der Waals surface area contributed by atoms with Crippen LogP contribution in [-0.2, 0) is 15.8 Å². The highest BCUT2D eigenvalue weighted by Gasteiger charge is 2.23. The van der Waals surface area contributed by atoms with Crippen LogP contribution in [0.4, 0.5) is 5.82 Å². The van der Waals surface area contributed by atoms with E-state index < -0.39 is 10.0 Å². The van der Waals surface area contributed by atoms with E-state index in [-0.39, 0.29) is 11.1 Å². The minimum atomic E-state index is -3.32. The topological polar surface area (TPSA) is 74.0 Å². The van der Waals surface area contributed by atoms with Gasteiger partial charge in [-0.05, 0) is 11.6 Å². The summed E-state index contributed by atoms with van der Waals surface area (Å²) in [4.78, 5) is 4.40. The number of benzene rings is 1. The molecule has 1 aromatic carbocycles. The molecule has 0 bridgehead atoms. The Balaban J connectivity index is 1.45. The molecule has 1 unspecified atom stereocenters. The van der Waals surface area contributed by atoms with Gasteiger partial charge in [-0.25, -0.2) is 13.1 Å². The quantitative estimate of drug-likeness (QED) is 0.516. The number of aromatic nitrogens is 1. The molecular formula is C15H18ClN3O2S2. The number of halogens is 1. The molecule has 1 aromatic heterocycles.